The Labute approximate surface area is 254 Å². The summed E-state index contributed by atoms with van der Waals surface area (Å²) < 4.78 is 0. The van der Waals surface area contributed by atoms with Gasteiger partial charge in [0.05, 0.1) is 0 Å². The third kappa shape index (κ3) is 7.78. The molecular weight excluding hydrogens is 587 g/mol. The Kier molecular flexibility index (Phi) is 9.55. The van der Waals surface area contributed by atoms with Crippen LogP contribution in [0.1, 0.15) is 31.1 Å². The lowest BCUT2D eigenvalue weighted by atomic mass is 10.1. The molecule has 11 heteroatoms. The van der Waals surface area contributed by atoms with E-state index in [1.54, 1.807) is 48.5 Å². The summed E-state index contributed by atoms with van der Waals surface area (Å²) in [5.41, 5.74) is 1.89. The quantitative estimate of drug-likeness (QED) is 0.118. The monoisotopic (exact) mass is 611 g/mol. The van der Waals surface area contributed by atoms with Gasteiger partial charge in [-0.3, -0.25) is 19.7 Å². The number of thiophene rings is 1. The zero-order valence-electron chi connectivity index (χ0n) is 22.3. The molecule has 2 heterocycles. The molecule has 5 aromatic rings. The second kappa shape index (κ2) is 13.9. The van der Waals surface area contributed by atoms with Crippen LogP contribution in [0.5, 0.6) is 0 Å². The molecule has 210 valence electrons. The number of anilines is 2. The largest absolute Gasteiger partial charge is 0.321 e. The van der Waals surface area contributed by atoms with Crippen molar-refractivity contribution in [2.24, 2.45) is 0 Å². The summed E-state index contributed by atoms with van der Waals surface area (Å²) in [4.78, 5) is 41.2. The van der Waals surface area contributed by atoms with Gasteiger partial charge in [-0.05, 0) is 60.3 Å². The predicted molar refractivity (Wildman–Crippen MR) is 170 cm³/mol. The highest BCUT2D eigenvalue weighted by molar-refractivity contribution is 8.00. The molecule has 1 unspecified atom stereocenters. The molecule has 2 aromatic heterocycles. The van der Waals surface area contributed by atoms with Gasteiger partial charge < -0.3 is 10.6 Å². The van der Waals surface area contributed by atoms with Gasteiger partial charge in [-0.15, -0.1) is 33.3 Å². The maximum atomic E-state index is 13.4. The maximum Gasteiger partial charge on any atom is 0.272 e. The van der Waals surface area contributed by atoms with E-state index in [0.29, 0.717) is 16.4 Å². The van der Waals surface area contributed by atoms with E-state index in [2.05, 4.69) is 26.1 Å². The number of benzene rings is 3. The number of carbonyl (C=O) groups is 3. The maximum absolute atomic E-state index is 13.4. The van der Waals surface area contributed by atoms with E-state index in [1.165, 1.54) is 34.4 Å². The molecule has 3 aromatic carbocycles. The van der Waals surface area contributed by atoms with Gasteiger partial charge in [0.25, 0.3) is 11.8 Å². The Bertz CT molecular complexity index is 1700. The summed E-state index contributed by atoms with van der Waals surface area (Å²) in [5.74, 6) is -1.10. The van der Waals surface area contributed by atoms with Crippen molar-refractivity contribution in [2.45, 2.75) is 17.1 Å². The molecule has 1 atom stereocenters. The van der Waals surface area contributed by atoms with Crippen LogP contribution >= 0.6 is 34.4 Å². The first-order valence-electron chi connectivity index (χ1n) is 12.8. The average Bonchev–Trinajstić information content (AvgIpc) is 3.68. The van der Waals surface area contributed by atoms with Crippen LogP contribution in [0.2, 0.25) is 0 Å². The molecule has 0 aliphatic carbocycles. The van der Waals surface area contributed by atoms with Gasteiger partial charge in [-0.1, -0.05) is 72.0 Å². The van der Waals surface area contributed by atoms with Gasteiger partial charge >= 0.3 is 0 Å². The molecule has 0 aliphatic rings. The molecular formula is C31H25N5O3S3. The van der Waals surface area contributed by atoms with Gasteiger partial charge in [-0.25, -0.2) is 0 Å². The van der Waals surface area contributed by atoms with Crippen LogP contribution in [0, 0.1) is 6.92 Å². The Hall–Kier alpha value is -4.58. The topological polar surface area (TPSA) is 113 Å². The Balaban J connectivity index is 1.35. The molecule has 42 heavy (non-hydrogen) atoms. The van der Waals surface area contributed by atoms with Crippen molar-refractivity contribution >= 4 is 69.1 Å². The van der Waals surface area contributed by atoms with Crippen molar-refractivity contribution in [3.8, 4) is 0 Å². The fraction of sp³-hybridized carbons (Fsp3) is 0.0645. The first kappa shape index (κ1) is 28.9. The van der Waals surface area contributed by atoms with Gasteiger partial charge in [0.1, 0.15) is 16.0 Å². The van der Waals surface area contributed by atoms with Gasteiger partial charge in [-0.2, -0.15) is 0 Å². The minimum absolute atomic E-state index is 0.109. The van der Waals surface area contributed by atoms with Crippen LogP contribution in [0.15, 0.2) is 113 Å². The molecule has 8 nitrogen and oxygen atoms in total. The molecule has 0 aliphatic heterocycles. The molecule has 5 rings (SSSR count). The average molecular weight is 612 g/mol. The van der Waals surface area contributed by atoms with Crippen molar-refractivity contribution in [1.29, 1.82) is 0 Å². The first-order valence-corrected chi connectivity index (χ1v) is 15.4. The first-order chi connectivity index (χ1) is 20.4. The number of aryl methyl sites for hydroxylation is 1. The van der Waals surface area contributed by atoms with E-state index < -0.39 is 11.2 Å². The number of thioether (sulfide) groups is 1. The third-order valence-corrected chi connectivity index (χ3v) is 8.62. The zero-order chi connectivity index (χ0) is 29.3. The summed E-state index contributed by atoms with van der Waals surface area (Å²) >= 11 is 4.11. The van der Waals surface area contributed by atoms with E-state index in [-0.39, 0.29) is 17.5 Å². The van der Waals surface area contributed by atoms with Crippen LogP contribution in [0.3, 0.4) is 0 Å². The van der Waals surface area contributed by atoms with E-state index in [0.717, 1.165) is 20.3 Å². The number of rotatable bonds is 10. The van der Waals surface area contributed by atoms with Gasteiger partial charge in [0.2, 0.25) is 11.0 Å². The highest BCUT2D eigenvalue weighted by Gasteiger charge is 2.24. The lowest BCUT2D eigenvalue weighted by molar-refractivity contribution is -0.116. The number of carbonyl (C=O) groups excluding carboxylic acids is 3. The van der Waals surface area contributed by atoms with E-state index in [4.69, 9.17) is 0 Å². The summed E-state index contributed by atoms with van der Waals surface area (Å²) in [7, 11) is 0. The fourth-order valence-corrected chi connectivity index (χ4v) is 6.19. The van der Waals surface area contributed by atoms with Gasteiger partial charge in [0, 0.05) is 21.0 Å². The van der Waals surface area contributed by atoms with Crippen molar-refractivity contribution in [3.05, 3.63) is 129 Å². The van der Waals surface area contributed by atoms with Crippen molar-refractivity contribution in [1.82, 2.24) is 15.5 Å². The summed E-state index contributed by atoms with van der Waals surface area (Å²) in [6, 6.07) is 29.1. The highest BCUT2D eigenvalue weighted by atomic mass is 32.2. The van der Waals surface area contributed by atoms with Crippen LogP contribution in [-0.2, 0) is 9.59 Å². The minimum atomic E-state index is -0.583. The van der Waals surface area contributed by atoms with Gasteiger partial charge in [0.15, 0.2) is 0 Å². The Morgan fingerprint density at radius 1 is 0.857 bits per heavy atom. The molecule has 3 N–H and O–H groups in total. The molecule has 0 bridgehead atoms. The standard InChI is InChI=1S/C31H25N5O3S3/c1-20-35-36-31(41-20)34-30(39)27(21-10-4-2-5-11-21)42-25-15-8-14-23(18-25)32-29(38)26(19-24-16-9-17-40-24)33-28(37)22-12-6-3-7-13-22/h2-19,27H,1H3,(H,32,38)(H,33,37)(H,34,36,39)/b26-19-. The molecule has 0 radical (unpaired) electrons. The second-order valence-electron chi connectivity index (χ2n) is 8.90. The SMILES string of the molecule is Cc1nnc(NC(=O)C(Sc2cccc(NC(=O)/C(=C/c3cccs3)NC(=O)c3ccccc3)c2)c2ccccc2)s1. The number of nitrogens with one attached hydrogen (secondary N) is 3. The predicted octanol–water partition coefficient (Wildman–Crippen LogP) is 6.79. The van der Waals surface area contributed by atoms with E-state index in [1.807, 2.05) is 66.9 Å². The number of amides is 3. The van der Waals surface area contributed by atoms with Crippen LogP contribution in [0.4, 0.5) is 10.8 Å². The molecule has 3 amide bonds. The summed E-state index contributed by atoms with van der Waals surface area (Å²) in [5, 5.41) is 19.0. The number of hydrogen-bond acceptors (Lipinski definition) is 8. The van der Waals surface area contributed by atoms with Crippen LogP contribution < -0.4 is 16.0 Å². The Morgan fingerprint density at radius 2 is 1.62 bits per heavy atom. The smallest absolute Gasteiger partial charge is 0.272 e. The molecule has 0 saturated heterocycles. The summed E-state index contributed by atoms with van der Waals surface area (Å²) in [6.07, 6.45) is 1.64. The molecule has 0 spiro atoms. The number of aromatic nitrogens is 2. The molecule has 0 saturated carbocycles. The number of nitrogens with zero attached hydrogens (tertiary/aromatic N) is 2. The fourth-order valence-electron chi connectivity index (χ4n) is 3.86. The van der Waals surface area contributed by atoms with E-state index in [9.17, 15) is 14.4 Å². The lowest BCUT2D eigenvalue weighted by Crippen LogP contribution is -2.30. The second-order valence-corrected chi connectivity index (χ2v) is 12.2. The zero-order valence-corrected chi connectivity index (χ0v) is 24.8. The number of hydrogen-bond donors (Lipinski definition) is 3. The van der Waals surface area contributed by atoms with Crippen molar-refractivity contribution in [2.75, 3.05) is 10.6 Å². The minimum Gasteiger partial charge on any atom is -0.321 e. The summed E-state index contributed by atoms with van der Waals surface area (Å²) in [6.45, 7) is 1.82. The van der Waals surface area contributed by atoms with Crippen molar-refractivity contribution < 1.29 is 14.4 Å². The lowest BCUT2D eigenvalue weighted by Gasteiger charge is -2.17. The van der Waals surface area contributed by atoms with Crippen LogP contribution in [-0.4, -0.2) is 27.9 Å². The van der Waals surface area contributed by atoms with Crippen LogP contribution in [0.25, 0.3) is 6.08 Å². The molecule has 0 fully saturated rings. The van der Waals surface area contributed by atoms with Crippen molar-refractivity contribution in [3.63, 3.8) is 0 Å². The normalized spacial score (nSPS) is 11.9. The Morgan fingerprint density at radius 3 is 2.31 bits per heavy atom. The van der Waals surface area contributed by atoms with E-state index >= 15 is 0 Å². The third-order valence-electron chi connectivity index (χ3n) is 5.80. The highest BCUT2D eigenvalue weighted by Crippen LogP contribution is 2.37.